The van der Waals surface area contributed by atoms with Gasteiger partial charge in [-0.25, -0.2) is 0 Å². The Kier molecular flexibility index (Phi) is 5.71. The van der Waals surface area contributed by atoms with Gasteiger partial charge in [-0.1, -0.05) is 43.2 Å². The maximum Gasteiger partial charge on any atom is 0.223 e. The van der Waals surface area contributed by atoms with E-state index in [0.717, 1.165) is 25.8 Å². The normalized spacial score (nSPS) is 20.1. The third-order valence-corrected chi connectivity index (χ3v) is 4.20. The number of benzene rings is 1. The lowest BCUT2D eigenvalue weighted by atomic mass is 10.1. The SMILES string of the molecule is O=C(CCc1ccccc1)N1CCCCCC1CCl. The maximum absolute atomic E-state index is 12.4. The Balaban J connectivity index is 1.90. The molecular weight excluding hydrogens is 258 g/mol. The van der Waals surface area contributed by atoms with Crippen molar-refractivity contribution in [3.63, 3.8) is 0 Å². The number of nitrogens with zero attached hydrogens (tertiary/aromatic N) is 1. The number of carbonyl (C=O) groups is 1. The highest BCUT2D eigenvalue weighted by molar-refractivity contribution is 6.18. The van der Waals surface area contributed by atoms with Crippen LogP contribution in [0.3, 0.4) is 0 Å². The first-order valence-corrected chi connectivity index (χ1v) is 7.74. The Morgan fingerprint density at radius 1 is 1.21 bits per heavy atom. The molecule has 1 saturated heterocycles. The Morgan fingerprint density at radius 3 is 2.74 bits per heavy atom. The predicted molar refractivity (Wildman–Crippen MR) is 79.5 cm³/mol. The highest BCUT2D eigenvalue weighted by Gasteiger charge is 2.24. The topological polar surface area (TPSA) is 20.3 Å². The van der Waals surface area contributed by atoms with Crippen LogP contribution in [0.15, 0.2) is 30.3 Å². The molecule has 3 heteroatoms. The zero-order chi connectivity index (χ0) is 13.5. The van der Waals surface area contributed by atoms with Gasteiger partial charge in [0.2, 0.25) is 5.91 Å². The molecule has 19 heavy (non-hydrogen) atoms. The van der Waals surface area contributed by atoms with E-state index in [0.29, 0.717) is 12.3 Å². The van der Waals surface area contributed by atoms with Crippen LogP contribution in [0.2, 0.25) is 0 Å². The van der Waals surface area contributed by atoms with Crippen LogP contribution in [0.5, 0.6) is 0 Å². The lowest BCUT2D eigenvalue weighted by Crippen LogP contribution is -2.41. The van der Waals surface area contributed by atoms with E-state index >= 15 is 0 Å². The van der Waals surface area contributed by atoms with Gasteiger partial charge in [0.15, 0.2) is 0 Å². The average Bonchev–Trinajstić information content (AvgIpc) is 2.71. The molecule has 1 unspecified atom stereocenters. The summed E-state index contributed by atoms with van der Waals surface area (Å²) in [5, 5.41) is 0. The molecular formula is C16H22ClNO. The van der Waals surface area contributed by atoms with E-state index in [4.69, 9.17) is 11.6 Å². The molecule has 1 amide bonds. The smallest absolute Gasteiger partial charge is 0.223 e. The predicted octanol–water partition coefficient (Wildman–Crippen LogP) is 3.63. The standard InChI is InChI=1S/C16H22ClNO/c17-13-15-9-5-2-6-12-18(15)16(19)11-10-14-7-3-1-4-8-14/h1,3-4,7-8,15H,2,5-6,9-13H2. The Morgan fingerprint density at radius 2 is 2.00 bits per heavy atom. The monoisotopic (exact) mass is 279 g/mol. The zero-order valence-corrected chi connectivity index (χ0v) is 12.1. The van der Waals surface area contributed by atoms with E-state index in [1.165, 1.54) is 18.4 Å². The van der Waals surface area contributed by atoms with E-state index in [1.54, 1.807) is 0 Å². The average molecular weight is 280 g/mol. The highest BCUT2D eigenvalue weighted by Crippen LogP contribution is 2.19. The molecule has 1 atom stereocenters. The summed E-state index contributed by atoms with van der Waals surface area (Å²) in [6.07, 6.45) is 6.00. The number of hydrogen-bond acceptors (Lipinski definition) is 1. The fraction of sp³-hybridized carbons (Fsp3) is 0.562. The van der Waals surface area contributed by atoms with Crippen molar-refractivity contribution in [1.29, 1.82) is 0 Å². The summed E-state index contributed by atoms with van der Waals surface area (Å²) in [5.74, 6) is 0.827. The minimum atomic E-state index is 0.243. The van der Waals surface area contributed by atoms with Gasteiger partial charge >= 0.3 is 0 Å². The van der Waals surface area contributed by atoms with Gasteiger partial charge in [0.25, 0.3) is 0 Å². The van der Waals surface area contributed by atoms with Crippen LogP contribution in [-0.4, -0.2) is 29.3 Å². The first-order chi connectivity index (χ1) is 9.31. The fourth-order valence-corrected chi connectivity index (χ4v) is 3.03. The third-order valence-electron chi connectivity index (χ3n) is 3.85. The number of likely N-dealkylation sites (tertiary alicyclic amines) is 1. The van der Waals surface area contributed by atoms with Crippen molar-refractivity contribution in [3.05, 3.63) is 35.9 Å². The molecule has 0 aliphatic carbocycles. The van der Waals surface area contributed by atoms with Crippen molar-refractivity contribution >= 4 is 17.5 Å². The van der Waals surface area contributed by atoms with Crippen molar-refractivity contribution in [3.8, 4) is 0 Å². The van der Waals surface area contributed by atoms with Crippen LogP contribution in [-0.2, 0) is 11.2 Å². The summed E-state index contributed by atoms with van der Waals surface area (Å²) in [6.45, 7) is 0.880. The van der Waals surface area contributed by atoms with Gasteiger partial charge in [-0.2, -0.15) is 0 Å². The number of halogens is 1. The zero-order valence-electron chi connectivity index (χ0n) is 11.4. The van der Waals surface area contributed by atoms with Crippen molar-refractivity contribution in [2.45, 2.75) is 44.6 Å². The summed E-state index contributed by atoms with van der Waals surface area (Å²) < 4.78 is 0. The molecule has 1 aliphatic heterocycles. The van der Waals surface area contributed by atoms with E-state index in [1.807, 2.05) is 23.1 Å². The molecule has 0 N–H and O–H groups in total. The van der Waals surface area contributed by atoms with Crippen LogP contribution >= 0.6 is 11.6 Å². The minimum absolute atomic E-state index is 0.243. The Hall–Kier alpha value is -1.02. The van der Waals surface area contributed by atoms with Gasteiger partial charge in [0, 0.05) is 24.9 Å². The molecule has 1 heterocycles. The van der Waals surface area contributed by atoms with E-state index < -0.39 is 0 Å². The van der Waals surface area contributed by atoms with Crippen molar-refractivity contribution in [2.24, 2.45) is 0 Å². The largest absolute Gasteiger partial charge is 0.339 e. The summed E-state index contributed by atoms with van der Waals surface area (Å²) in [6, 6.07) is 10.4. The van der Waals surface area contributed by atoms with Crippen molar-refractivity contribution < 1.29 is 4.79 Å². The first kappa shape index (κ1) is 14.4. The maximum atomic E-state index is 12.4. The van der Waals surface area contributed by atoms with Crippen molar-refractivity contribution in [2.75, 3.05) is 12.4 Å². The van der Waals surface area contributed by atoms with E-state index in [9.17, 15) is 4.79 Å². The quantitative estimate of drug-likeness (QED) is 0.771. The minimum Gasteiger partial charge on any atom is -0.339 e. The highest BCUT2D eigenvalue weighted by atomic mass is 35.5. The van der Waals surface area contributed by atoms with E-state index in [2.05, 4.69) is 12.1 Å². The molecule has 104 valence electrons. The number of rotatable bonds is 4. The number of amides is 1. The molecule has 0 aromatic heterocycles. The van der Waals surface area contributed by atoms with Crippen LogP contribution in [0, 0.1) is 0 Å². The number of aryl methyl sites for hydroxylation is 1. The fourth-order valence-electron chi connectivity index (χ4n) is 2.71. The van der Waals surface area contributed by atoms with Crippen LogP contribution in [0.25, 0.3) is 0 Å². The molecule has 0 radical (unpaired) electrons. The lowest BCUT2D eigenvalue weighted by molar-refractivity contribution is -0.133. The van der Waals surface area contributed by atoms with Crippen LogP contribution < -0.4 is 0 Å². The number of hydrogen-bond donors (Lipinski definition) is 0. The second-order valence-corrected chi connectivity index (χ2v) is 5.54. The lowest BCUT2D eigenvalue weighted by Gasteiger charge is -2.28. The Labute approximate surface area is 120 Å². The van der Waals surface area contributed by atoms with Gasteiger partial charge in [-0.05, 0) is 24.8 Å². The first-order valence-electron chi connectivity index (χ1n) is 7.20. The molecule has 0 saturated carbocycles. The molecule has 0 spiro atoms. The number of carbonyl (C=O) groups excluding carboxylic acids is 1. The second-order valence-electron chi connectivity index (χ2n) is 5.23. The second kappa shape index (κ2) is 7.54. The van der Waals surface area contributed by atoms with Crippen LogP contribution in [0.1, 0.15) is 37.7 Å². The van der Waals surface area contributed by atoms with E-state index in [-0.39, 0.29) is 11.9 Å². The van der Waals surface area contributed by atoms with Gasteiger partial charge in [0.05, 0.1) is 0 Å². The molecule has 2 nitrogen and oxygen atoms in total. The van der Waals surface area contributed by atoms with Gasteiger partial charge in [-0.15, -0.1) is 11.6 Å². The van der Waals surface area contributed by atoms with Crippen molar-refractivity contribution in [1.82, 2.24) is 4.90 Å². The Bertz CT molecular complexity index is 393. The summed E-state index contributed by atoms with van der Waals surface area (Å²) in [5.41, 5.74) is 1.23. The van der Waals surface area contributed by atoms with Gasteiger partial charge in [0.1, 0.15) is 0 Å². The molecule has 1 aromatic rings. The molecule has 1 aliphatic rings. The molecule has 1 aromatic carbocycles. The summed E-state index contributed by atoms with van der Waals surface area (Å²) in [4.78, 5) is 14.4. The van der Waals surface area contributed by atoms with Gasteiger partial charge in [-0.3, -0.25) is 4.79 Å². The molecule has 0 bridgehead atoms. The third kappa shape index (κ3) is 4.24. The summed E-state index contributed by atoms with van der Waals surface area (Å²) >= 11 is 6.01. The van der Waals surface area contributed by atoms with Gasteiger partial charge < -0.3 is 4.90 Å². The van der Waals surface area contributed by atoms with Crippen LogP contribution in [0.4, 0.5) is 0 Å². The summed E-state index contributed by atoms with van der Waals surface area (Å²) in [7, 11) is 0. The molecule has 2 rings (SSSR count). The molecule has 1 fully saturated rings. The number of alkyl halides is 1.